The summed E-state index contributed by atoms with van der Waals surface area (Å²) in [5, 5.41) is 4.44. The van der Waals surface area contributed by atoms with Crippen LogP contribution in [0.15, 0.2) is 30.6 Å². The summed E-state index contributed by atoms with van der Waals surface area (Å²) in [5.74, 6) is 0.138. The van der Waals surface area contributed by atoms with Gasteiger partial charge in [-0.15, -0.1) is 0 Å². The van der Waals surface area contributed by atoms with Gasteiger partial charge >= 0.3 is 0 Å². The van der Waals surface area contributed by atoms with Crippen LogP contribution >= 0.6 is 0 Å². The number of amides is 1. The average Bonchev–Trinajstić information content (AvgIpc) is 3.07. The van der Waals surface area contributed by atoms with Gasteiger partial charge in [0.1, 0.15) is 6.04 Å². The number of likely N-dealkylation sites (N-methyl/N-ethyl adjacent to an activating group) is 1. The fourth-order valence-electron chi connectivity index (χ4n) is 2.52. The highest BCUT2D eigenvalue weighted by Crippen LogP contribution is 2.10. The number of carbonyl (C=O) groups is 1. The van der Waals surface area contributed by atoms with Crippen LogP contribution in [-0.4, -0.2) is 38.7 Å². The number of carbonyl (C=O) groups excluding carboxylic acids is 1. The first-order valence-electron chi connectivity index (χ1n) is 7.37. The van der Waals surface area contributed by atoms with Crippen LogP contribution in [0.3, 0.4) is 0 Å². The van der Waals surface area contributed by atoms with Crippen molar-refractivity contribution in [2.75, 3.05) is 13.6 Å². The molecule has 0 N–H and O–H groups in total. The lowest BCUT2D eigenvalue weighted by Gasteiger charge is -2.22. The van der Waals surface area contributed by atoms with Crippen molar-refractivity contribution in [2.45, 2.75) is 39.8 Å². The van der Waals surface area contributed by atoms with Gasteiger partial charge in [-0.25, -0.2) is 0 Å². The van der Waals surface area contributed by atoms with Crippen molar-refractivity contribution in [3.05, 3.63) is 42.0 Å². The fourth-order valence-corrected chi connectivity index (χ4v) is 2.52. The van der Waals surface area contributed by atoms with E-state index in [2.05, 4.69) is 18.1 Å². The van der Waals surface area contributed by atoms with Crippen LogP contribution in [0.1, 0.15) is 30.8 Å². The van der Waals surface area contributed by atoms with E-state index >= 15 is 0 Å². The first kappa shape index (κ1) is 15.4. The number of nitrogens with zero attached hydrogens (tertiary/aromatic N) is 4. The molecule has 0 fully saturated rings. The summed E-state index contributed by atoms with van der Waals surface area (Å²) in [6.07, 6.45) is 4.75. The molecule has 0 spiro atoms. The molecule has 0 aliphatic heterocycles. The van der Waals surface area contributed by atoms with E-state index in [4.69, 9.17) is 0 Å². The molecule has 5 nitrogen and oxygen atoms in total. The van der Waals surface area contributed by atoms with Crippen molar-refractivity contribution in [1.82, 2.24) is 19.2 Å². The smallest absolute Gasteiger partial charge is 0.245 e. The predicted molar refractivity (Wildman–Crippen MR) is 83.1 cm³/mol. The number of hydrogen-bond donors (Lipinski definition) is 0. The molecule has 0 unspecified atom stereocenters. The second-order valence-electron chi connectivity index (χ2n) is 5.57. The molecule has 0 aromatic carbocycles. The maximum absolute atomic E-state index is 12.3. The van der Waals surface area contributed by atoms with E-state index in [9.17, 15) is 4.79 Å². The highest BCUT2D eigenvalue weighted by molar-refractivity contribution is 5.79. The second kappa shape index (κ2) is 6.61. The zero-order valence-electron chi connectivity index (χ0n) is 13.3. The van der Waals surface area contributed by atoms with E-state index < -0.39 is 0 Å². The van der Waals surface area contributed by atoms with Crippen LogP contribution in [0.25, 0.3) is 0 Å². The molecular weight excluding hydrogens is 264 g/mol. The summed E-state index contributed by atoms with van der Waals surface area (Å²) in [6, 6.07) is 5.79. The lowest BCUT2D eigenvalue weighted by molar-refractivity contribution is -0.133. The van der Waals surface area contributed by atoms with Crippen LogP contribution in [-0.2, 0) is 11.3 Å². The van der Waals surface area contributed by atoms with E-state index in [0.29, 0.717) is 0 Å². The zero-order valence-corrected chi connectivity index (χ0v) is 13.3. The Bertz CT molecular complexity index is 585. The third kappa shape index (κ3) is 3.74. The summed E-state index contributed by atoms with van der Waals surface area (Å²) in [4.78, 5) is 14.1. The van der Waals surface area contributed by atoms with Crippen LogP contribution < -0.4 is 0 Å². The largest absolute Gasteiger partial charge is 0.344 e. The maximum atomic E-state index is 12.3. The molecule has 0 saturated heterocycles. The summed E-state index contributed by atoms with van der Waals surface area (Å²) < 4.78 is 3.93. The van der Waals surface area contributed by atoms with Gasteiger partial charge in [-0.2, -0.15) is 5.10 Å². The molecule has 114 valence electrons. The van der Waals surface area contributed by atoms with E-state index in [0.717, 1.165) is 25.2 Å². The maximum Gasteiger partial charge on any atom is 0.245 e. The molecule has 21 heavy (non-hydrogen) atoms. The number of rotatable bonds is 6. The highest BCUT2D eigenvalue weighted by Gasteiger charge is 2.17. The number of hydrogen-bond acceptors (Lipinski definition) is 2. The van der Waals surface area contributed by atoms with E-state index in [1.54, 1.807) is 4.90 Å². The quantitative estimate of drug-likeness (QED) is 0.819. The Kier molecular flexibility index (Phi) is 4.83. The summed E-state index contributed by atoms with van der Waals surface area (Å²) in [6.45, 7) is 7.57. The molecule has 5 heteroatoms. The Hall–Kier alpha value is -2.04. The monoisotopic (exact) mass is 288 g/mol. The van der Waals surface area contributed by atoms with E-state index in [-0.39, 0.29) is 11.9 Å². The number of aryl methyl sites for hydroxylation is 3. The van der Waals surface area contributed by atoms with Crippen molar-refractivity contribution in [3.8, 4) is 0 Å². The second-order valence-corrected chi connectivity index (χ2v) is 5.57. The standard InChI is InChI=1S/C16H24N4O/c1-13-12-14(2)20(17-13)11-7-8-18(4)16(21)15(3)19-9-5-6-10-19/h5-6,9-10,12,15H,7-8,11H2,1-4H3/t15-/m1/s1. The minimum Gasteiger partial charge on any atom is -0.344 e. The Morgan fingerprint density at radius 2 is 2.00 bits per heavy atom. The molecule has 2 aromatic rings. The van der Waals surface area contributed by atoms with Gasteiger partial charge in [0, 0.05) is 38.2 Å². The van der Waals surface area contributed by atoms with Gasteiger partial charge in [0.25, 0.3) is 0 Å². The highest BCUT2D eigenvalue weighted by atomic mass is 16.2. The van der Waals surface area contributed by atoms with Crippen molar-refractivity contribution in [1.29, 1.82) is 0 Å². The minimum absolute atomic E-state index is 0.138. The molecule has 0 bridgehead atoms. The van der Waals surface area contributed by atoms with Crippen molar-refractivity contribution in [2.24, 2.45) is 0 Å². The van der Waals surface area contributed by atoms with Gasteiger partial charge in [0.15, 0.2) is 0 Å². The van der Waals surface area contributed by atoms with Gasteiger partial charge in [-0.05, 0) is 45.4 Å². The molecule has 2 aromatic heterocycles. The first-order chi connectivity index (χ1) is 9.99. The van der Waals surface area contributed by atoms with Gasteiger partial charge in [-0.3, -0.25) is 9.48 Å². The normalized spacial score (nSPS) is 12.4. The molecular formula is C16H24N4O. The number of aromatic nitrogens is 3. The van der Waals surface area contributed by atoms with Gasteiger partial charge < -0.3 is 9.47 Å². The van der Waals surface area contributed by atoms with E-state index in [1.165, 1.54) is 5.69 Å². The predicted octanol–water partition coefficient (Wildman–Crippen LogP) is 2.41. The SMILES string of the molecule is Cc1cc(C)n(CCCN(C)C(=O)[C@@H](C)n2cccc2)n1. The topological polar surface area (TPSA) is 43.1 Å². The fraction of sp³-hybridized carbons (Fsp3) is 0.500. The average molecular weight is 288 g/mol. The van der Waals surface area contributed by atoms with Gasteiger partial charge in [0.2, 0.25) is 5.91 Å². The molecule has 2 rings (SSSR count). The molecule has 0 saturated carbocycles. The van der Waals surface area contributed by atoms with Gasteiger partial charge in [0.05, 0.1) is 5.69 Å². The van der Waals surface area contributed by atoms with Crippen molar-refractivity contribution in [3.63, 3.8) is 0 Å². The molecule has 1 atom stereocenters. The van der Waals surface area contributed by atoms with Crippen LogP contribution in [0.5, 0.6) is 0 Å². The van der Waals surface area contributed by atoms with Gasteiger partial charge in [-0.1, -0.05) is 0 Å². The molecule has 0 aliphatic rings. The van der Waals surface area contributed by atoms with Crippen molar-refractivity contribution >= 4 is 5.91 Å². The Labute approximate surface area is 126 Å². The van der Waals surface area contributed by atoms with Crippen molar-refractivity contribution < 1.29 is 4.79 Å². The Morgan fingerprint density at radius 3 is 2.57 bits per heavy atom. The summed E-state index contributed by atoms with van der Waals surface area (Å²) in [5.41, 5.74) is 2.21. The van der Waals surface area contributed by atoms with Crippen LogP contribution in [0, 0.1) is 13.8 Å². The molecule has 0 aliphatic carbocycles. The molecule has 2 heterocycles. The Morgan fingerprint density at radius 1 is 1.33 bits per heavy atom. The third-order valence-corrected chi connectivity index (χ3v) is 3.78. The summed E-state index contributed by atoms with van der Waals surface area (Å²) >= 11 is 0. The third-order valence-electron chi connectivity index (χ3n) is 3.78. The molecule has 1 amide bonds. The van der Waals surface area contributed by atoms with Crippen LogP contribution in [0.4, 0.5) is 0 Å². The first-order valence-corrected chi connectivity index (χ1v) is 7.37. The molecule has 0 radical (unpaired) electrons. The minimum atomic E-state index is -0.154. The van der Waals surface area contributed by atoms with Crippen LogP contribution in [0.2, 0.25) is 0 Å². The summed E-state index contributed by atoms with van der Waals surface area (Å²) in [7, 11) is 1.86. The van der Waals surface area contributed by atoms with E-state index in [1.807, 2.05) is 54.7 Å². The zero-order chi connectivity index (χ0) is 15.4. The lowest BCUT2D eigenvalue weighted by atomic mass is 10.2. The Balaban J connectivity index is 1.83. The lowest BCUT2D eigenvalue weighted by Crippen LogP contribution is -2.34.